The average molecular weight is 452 g/mol. The maximum absolute atomic E-state index is 12.8. The quantitative estimate of drug-likeness (QED) is 0.511. The lowest BCUT2D eigenvalue weighted by Gasteiger charge is -2.14. The van der Waals surface area contributed by atoms with E-state index < -0.39 is 23.6 Å². The molecule has 1 fully saturated rings. The molecule has 2 N–H and O–H groups in total. The monoisotopic (exact) mass is 452 g/mol. The summed E-state index contributed by atoms with van der Waals surface area (Å²) in [7, 11) is 0. The van der Waals surface area contributed by atoms with Crippen LogP contribution in [0.3, 0.4) is 0 Å². The summed E-state index contributed by atoms with van der Waals surface area (Å²) >= 11 is 6.24. The van der Waals surface area contributed by atoms with Gasteiger partial charge in [-0.15, -0.1) is 0 Å². The lowest BCUT2D eigenvalue weighted by atomic mass is 10.2. The number of para-hydroxylation sites is 1. The Kier molecular flexibility index (Phi) is 6.47. The number of anilines is 1. The van der Waals surface area contributed by atoms with Gasteiger partial charge in [0.15, 0.2) is 0 Å². The number of nitrogens with one attached hydrogen (secondary N) is 1. The molecule has 0 aromatic heterocycles. The van der Waals surface area contributed by atoms with Crippen LogP contribution >= 0.6 is 24.0 Å². The van der Waals surface area contributed by atoms with Crippen LogP contribution in [0.2, 0.25) is 0 Å². The van der Waals surface area contributed by atoms with Crippen LogP contribution in [0.1, 0.15) is 17.5 Å². The van der Waals surface area contributed by atoms with Crippen LogP contribution in [0.4, 0.5) is 18.9 Å². The van der Waals surface area contributed by atoms with Gasteiger partial charge in [0.2, 0.25) is 5.91 Å². The van der Waals surface area contributed by atoms with Gasteiger partial charge in [0.1, 0.15) is 10.1 Å². The Morgan fingerprint density at radius 1 is 1.20 bits per heavy atom. The molecule has 156 valence electrons. The van der Waals surface area contributed by atoms with Gasteiger partial charge in [-0.1, -0.05) is 48.2 Å². The van der Waals surface area contributed by atoms with Gasteiger partial charge in [0.05, 0.1) is 10.5 Å². The van der Waals surface area contributed by atoms with Crippen molar-refractivity contribution < 1.29 is 27.9 Å². The molecule has 0 saturated carbocycles. The molecule has 5 nitrogen and oxygen atoms in total. The third-order valence-electron chi connectivity index (χ3n) is 4.13. The van der Waals surface area contributed by atoms with Gasteiger partial charge in [-0.3, -0.25) is 14.5 Å². The van der Waals surface area contributed by atoms with Crippen molar-refractivity contribution in [3.63, 3.8) is 0 Å². The van der Waals surface area contributed by atoms with Gasteiger partial charge < -0.3 is 10.4 Å². The Morgan fingerprint density at radius 3 is 2.63 bits per heavy atom. The molecule has 0 radical (unpaired) electrons. The molecule has 2 aromatic carbocycles. The summed E-state index contributed by atoms with van der Waals surface area (Å²) in [5.74, 6) is -0.934. The molecule has 0 atom stereocenters. The number of rotatable bonds is 5. The van der Waals surface area contributed by atoms with Crippen molar-refractivity contribution in [1.82, 2.24) is 4.90 Å². The predicted octanol–water partition coefficient (Wildman–Crippen LogP) is 4.64. The second kappa shape index (κ2) is 8.88. The van der Waals surface area contributed by atoms with Gasteiger partial charge in [-0.05, 0) is 30.3 Å². The summed E-state index contributed by atoms with van der Waals surface area (Å²) in [6.07, 6.45) is -3.15. The first-order valence-electron chi connectivity index (χ1n) is 8.65. The number of amides is 2. The zero-order valence-electron chi connectivity index (χ0n) is 15.3. The standard InChI is InChI=1S/C20H15F3N2O3S2/c21-20(22,23)13-5-3-6-14(11-13)24-17(27)8-9-25-18(28)16(30-19(25)29)10-12-4-1-2-7-15(12)26/h1-7,10-11,26H,8-9H2,(H,24,27)/b16-10-. The van der Waals surface area contributed by atoms with E-state index >= 15 is 0 Å². The number of phenolic OH excluding ortho intramolecular Hbond substituents is 1. The fourth-order valence-corrected chi connectivity index (χ4v) is 3.95. The molecule has 0 bridgehead atoms. The molecular formula is C20H15F3N2O3S2. The number of benzene rings is 2. The van der Waals surface area contributed by atoms with Gasteiger partial charge >= 0.3 is 6.18 Å². The maximum Gasteiger partial charge on any atom is 0.416 e. The molecule has 30 heavy (non-hydrogen) atoms. The molecular weight excluding hydrogens is 437 g/mol. The number of thioether (sulfide) groups is 1. The second-order valence-electron chi connectivity index (χ2n) is 6.27. The first kappa shape index (κ1) is 21.8. The van der Waals surface area contributed by atoms with E-state index in [2.05, 4.69) is 5.32 Å². The van der Waals surface area contributed by atoms with E-state index in [1.54, 1.807) is 18.2 Å². The lowest BCUT2D eigenvalue weighted by Crippen LogP contribution is -2.31. The van der Waals surface area contributed by atoms with Crippen molar-refractivity contribution in [2.24, 2.45) is 0 Å². The Balaban J connectivity index is 1.62. The highest BCUT2D eigenvalue weighted by molar-refractivity contribution is 8.26. The topological polar surface area (TPSA) is 69.6 Å². The highest BCUT2D eigenvalue weighted by Crippen LogP contribution is 2.34. The van der Waals surface area contributed by atoms with Crippen LogP contribution in [0, 0.1) is 0 Å². The first-order valence-corrected chi connectivity index (χ1v) is 9.88. The highest BCUT2D eigenvalue weighted by Gasteiger charge is 2.33. The summed E-state index contributed by atoms with van der Waals surface area (Å²) in [6, 6.07) is 10.8. The number of phenols is 1. The number of carbonyl (C=O) groups is 2. The van der Waals surface area contributed by atoms with Crippen molar-refractivity contribution in [3.05, 3.63) is 64.6 Å². The van der Waals surface area contributed by atoms with E-state index in [9.17, 15) is 27.9 Å². The molecule has 1 aliphatic heterocycles. The number of thiocarbonyl (C=S) groups is 1. The Bertz CT molecular complexity index is 1040. The zero-order valence-corrected chi connectivity index (χ0v) is 16.9. The van der Waals surface area contributed by atoms with E-state index in [4.69, 9.17) is 12.2 Å². The minimum atomic E-state index is -4.51. The Hall–Kier alpha value is -2.85. The molecule has 2 amide bonds. The summed E-state index contributed by atoms with van der Waals surface area (Å²) < 4.78 is 38.6. The smallest absolute Gasteiger partial charge is 0.416 e. The highest BCUT2D eigenvalue weighted by atomic mass is 32.2. The molecule has 1 heterocycles. The second-order valence-corrected chi connectivity index (χ2v) is 7.94. The third-order valence-corrected chi connectivity index (χ3v) is 5.51. The molecule has 2 aromatic rings. The van der Waals surface area contributed by atoms with E-state index in [-0.39, 0.29) is 28.7 Å². The van der Waals surface area contributed by atoms with E-state index in [0.29, 0.717) is 10.5 Å². The van der Waals surface area contributed by atoms with Crippen molar-refractivity contribution in [2.75, 3.05) is 11.9 Å². The number of hydrogen-bond donors (Lipinski definition) is 2. The van der Waals surface area contributed by atoms with Crippen LogP contribution in [0.5, 0.6) is 5.75 Å². The van der Waals surface area contributed by atoms with Crippen molar-refractivity contribution in [1.29, 1.82) is 0 Å². The number of hydrogen-bond acceptors (Lipinski definition) is 5. The van der Waals surface area contributed by atoms with Crippen molar-refractivity contribution in [3.8, 4) is 5.75 Å². The van der Waals surface area contributed by atoms with Crippen LogP contribution in [0.25, 0.3) is 6.08 Å². The third kappa shape index (κ3) is 5.19. The lowest BCUT2D eigenvalue weighted by molar-refractivity contribution is -0.137. The summed E-state index contributed by atoms with van der Waals surface area (Å²) in [6.45, 7) is -0.0203. The maximum atomic E-state index is 12.8. The minimum Gasteiger partial charge on any atom is -0.507 e. The van der Waals surface area contributed by atoms with E-state index in [0.717, 1.165) is 23.9 Å². The molecule has 1 aliphatic rings. The zero-order chi connectivity index (χ0) is 21.9. The number of carbonyl (C=O) groups excluding carboxylic acids is 2. The largest absolute Gasteiger partial charge is 0.507 e. The minimum absolute atomic E-state index is 0.0136. The summed E-state index contributed by atoms with van der Waals surface area (Å²) in [4.78, 5) is 26.3. The van der Waals surface area contributed by atoms with Crippen molar-refractivity contribution >= 4 is 51.9 Å². The normalized spacial score (nSPS) is 15.7. The molecule has 3 rings (SSSR count). The summed E-state index contributed by atoms with van der Waals surface area (Å²) in [5.41, 5.74) is -0.397. The van der Waals surface area contributed by atoms with Crippen LogP contribution in [-0.2, 0) is 15.8 Å². The number of nitrogens with zero attached hydrogens (tertiary/aromatic N) is 1. The average Bonchev–Trinajstić information content (AvgIpc) is 2.94. The summed E-state index contributed by atoms with van der Waals surface area (Å²) in [5, 5.41) is 12.2. The molecule has 0 unspecified atom stereocenters. The van der Waals surface area contributed by atoms with Crippen LogP contribution in [0.15, 0.2) is 53.4 Å². The van der Waals surface area contributed by atoms with Gasteiger partial charge in [0, 0.05) is 24.2 Å². The number of aromatic hydroxyl groups is 1. The van der Waals surface area contributed by atoms with E-state index in [1.807, 2.05) is 0 Å². The van der Waals surface area contributed by atoms with E-state index in [1.165, 1.54) is 29.2 Å². The Morgan fingerprint density at radius 2 is 1.93 bits per heavy atom. The Labute approximate surface area is 179 Å². The van der Waals surface area contributed by atoms with Gasteiger partial charge in [-0.2, -0.15) is 13.2 Å². The van der Waals surface area contributed by atoms with Crippen LogP contribution < -0.4 is 5.32 Å². The van der Waals surface area contributed by atoms with Gasteiger partial charge in [-0.25, -0.2) is 0 Å². The molecule has 0 spiro atoms. The van der Waals surface area contributed by atoms with Gasteiger partial charge in [0.25, 0.3) is 5.91 Å². The fourth-order valence-electron chi connectivity index (χ4n) is 2.65. The van der Waals surface area contributed by atoms with Crippen LogP contribution in [-0.4, -0.2) is 32.7 Å². The predicted molar refractivity (Wildman–Crippen MR) is 113 cm³/mol. The first-order chi connectivity index (χ1) is 14.1. The molecule has 0 aliphatic carbocycles. The SMILES string of the molecule is O=C(CCN1C(=O)/C(=C/c2ccccc2O)SC1=S)Nc1cccc(C(F)(F)F)c1. The number of alkyl halides is 3. The molecule has 1 saturated heterocycles. The van der Waals surface area contributed by atoms with Crippen molar-refractivity contribution in [2.45, 2.75) is 12.6 Å². The fraction of sp³-hybridized carbons (Fsp3) is 0.150. The number of halogens is 3. The molecule has 10 heteroatoms.